The standard InChI is InChI=1S/C19H23BrN2O2/c20-16-9-11-17(12-10-16)24-13-5-4-8-19(23)22-14-18(21)15-6-2-1-3-7-15/h1-3,6-7,9-12,18H,4-5,8,13-14,21H2,(H,22,23). The monoisotopic (exact) mass is 390 g/mol. The largest absolute Gasteiger partial charge is 0.494 e. The molecular weight excluding hydrogens is 368 g/mol. The summed E-state index contributed by atoms with van der Waals surface area (Å²) in [5.41, 5.74) is 7.09. The van der Waals surface area contributed by atoms with Crippen molar-refractivity contribution in [1.82, 2.24) is 5.32 Å². The highest BCUT2D eigenvalue weighted by Crippen LogP contribution is 2.16. The van der Waals surface area contributed by atoms with E-state index in [1.807, 2.05) is 54.6 Å². The predicted octanol–water partition coefficient (Wildman–Crippen LogP) is 3.81. The third-order valence-electron chi connectivity index (χ3n) is 3.63. The molecule has 0 spiro atoms. The summed E-state index contributed by atoms with van der Waals surface area (Å²) in [4.78, 5) is 11.8. The molecule has 1 atom stereocenters. The van der Waals surface area contributed by atoms with E-state index < -0.39 is 0 Å². The lowest BCUT2D eigenvalue weighted by atomic mass is 10.1. The Morgan fingerprint density at radius 3 is 2.50 bits per heavy atom. The van der Waals surface area contributed by atoms with Crippen LogP contribution in [0.4, 0.5) is 0 Å². The molecule has 128 valence electrons. The highest BCUT2D eigenvalue weighted by atomic mass is 79.9. The normalized spacial score (nSPS) is 11.8. The van der Waals surface area contributed by atoms with Gasteiger partial charge < -0.3 is 15.8 Å². The molecule has 0 aliphatic heterocycles. The van der Waals surface area contributed by atoms with Crippen molar-refractivity contribution in [1.29, 1.82) is 0 Å². The maximum atomic E-state index is 11.8. The smallest absolute Gasteiger partial charge is 0.220 e. The molecule has 0 bridgehead atoms. The van der Waals surface area contributed by atoms with Gasteiger partial charge in [0.05, 0.1) is 6.61 Å². The van der Waals surface area contributed by atoms with E-state index in [1.54, 1.807) is 0 Å². The van der Waals surface area contributed by atoms with Crippen LogP contribution in [0.15, 0.2) is 59.1 Å². The molecule has 1 amide bonds. The van der Waals surface area contributed by atoms with Gasteiger partial charge in [0.25, 0.3) is 0 Å². The third kappa shape index (κ3) is 6.72. The van der Waals surface area contributed by atoms with Gasteiger partial charge in [-0.05, 0) is 42.7 Å². The van der Waals surface area contributed by atoms with Crippen LogP contribution in [0.1, 0.15) is 30.9 Å². The minimum Gasteiger partial charge on any atom is -0.494 e. The van der Waals surface area contributed by atoms with Crippen molar-refractivity contribution in [2.24, 2.45) is 5.73 Å². The zero-order valence-corrected chi connectivity index (χ0v) is 15.2. The molecule has 0 aliphatic rings. The average Bonchev–Trinajstić information content (AvgIpc) is 2.61. The Kier molecular flexibility index (Phi) is 7.79. The number of carbonyl (C=O) groups excluding carboxylic acids is 1. The molecule has 4 nitrogen and oxygen atoms in total. The fourth-order valence-corrected chi connectivity index (χ4v) is 2.50. The van der Waals surface area contributed by atoms with Crippen LogP contribution in [0.3, 0.4) is 0 Å². The number of amides is 1. The fourth-order valence-electron chi connectivity index (χ4n) is 2.24. The molecule has 5 heteroatoms. The summed E-state index contributed by atoms with van der Waals surface area (Å²) in [5, 5.41) is 2.89. The van der Waals surface area contributed by atoms with Gasteiger partial charge in [-0.25, -0.2) is 0 Å². The zero-order valence-electron chi connectivity index (χ0n) is 13.6. The second kappa shape index (κ2) is 10.1. The fraction of sp³-hybridized carbons (Fsp3) is 0.316. The minimum absolute atomic E-state index is 0.0324. The molecule has 0 heterocycles. The van der Waals surface area contributed by atoms with Crippen LogP contribution in [0, 0.1) is 0 Å². The van der Waals surface area contributed by atoms with Gasteiger partial charge in [-0.1, -0.05) is 46.3 Å². The molecule has 0 saturated carbocycles. The summed E-state index contributed by atoms with van der Waals surface area (Å²) in [6.45, 7) is 1.07. The molecular formula is C19H23BrN2O2. The quantitative estimate of drug-likeness (QED) is 0.639. The Bertz CT molecular complexity index is 617. The number of carbonyl (C=O) groups is 1. The summed E-state index contributed by atoms with van der Waals surface area (Å²) in [6, 6.07) is 17.3. The van der Waals surface area contributed by atoms with Crippen LogP contribution in [0.25, 0.3) is 0 Å². The van der Waals surface area contributed by atoms with Crippen molar-refractivity contribution in [3.8, 4) is 5.75 Å². The number of rotatable bonds is 9. The van der Waals surface area contributed by atoms with Crippen LogP contribution < -0.4 is 15.8 Å². The van der Waals surface area contributed by atoms with E-state index in [0.717, 1.165) is 28.6 Å². The second-order valence-corrected chi connectivity index (χ2v) is 6.50. The molecule has 0 radical (unpaired) electrons. The maximum absolute atomic E-state index is 11.8. The van der Waals surface area contributed by atoms with E-state index in [-0.39, 0.29) is 11.9 Å². The molecule has 0 fully saturated rings. The summed E-state index contributed by atoms with van der Waals surface area (Å²) in [6.07, 6.45) is 2.13. The van der Waals surface area contributed by atoms with Crippen molar-refractivity contribution in [2.75, 3.05) is 13.2 Å². The zero-order chi connectivity index (χ0) is 17.2. The SMILES string of the molecule is NC(CNC(=O)CCCCOc1ccc(Br)cc1)c1ccccc1. The summed E-state index contributed by atoms with van der Waals surface area (Å²) >= 11 is 3.39. The number of unbranched alkanes of at least 4 members (excludes halogenated alkanes) is 1. The molecule has 2 aromatic rings. The number of halogens is 1. The van der Waals surface area contributed by atoms with Gasteiger partial charge in [0, 0.05) is 23.5 Å². The first-order valence-corrected chi connectivity index (χ1v) is 8.90. The van der Waals surface area contributed by atoms with Crippen LogP contribution >= 0.6 is 15.9 Å². The minimum atomic E-state index is -0.170. The molecule has 0 aliphatic carbocycles. The lowest BCUT2D eigenvalue weighted by Gasteiger charge is -2.13. The van der Waals surface area contributed by atoms with E-state index in [0.29, 0.717) is 19.6 Å². The predicted molar refractivity (Wildman–Crippen MR) is 99.9 cm³/mol. The summed E-state index contributed by atoms with van der Waals surface area (Å²) in [5.74, 6) is 0.876. The molecule has 0 saturated heterocycles. The van der Waals surface area contributed by atoms with Crippen molar-refractivity contribution in [2.45, 2.75) is 25.3 Å². The Labute approximate surface area is 151 Å². The van der Waals surface area contributed by atoms with Gasteiger partial charge in [-0.15, -0.1) is 0 Å². The van der Waals surface area contributed by atoms with Gasteiger partial charge in [0.2, 0.25) is 5.91 Å². The molecule has 24 heavy (non-hydrogen) atoms. The van der Waals surface area contributed by atoms with Crippen molar-refractivity contribution in [3.05, 3.63) is 64.6 Å². The Balaban J connectivity index is 1.56. The van der Waals surface area contributed by atoms with Crippen LogP contribution in [0.2, 0.25) is 0 Å². The topological polar surface area (TPSA) is 64.3 Å². The highest BCUT2D eigenvalue weighted by Gasteiger charge is 2.07. The number of ether oxygens (including phenoxy) is 1. The second-order valence-electron chi connectivity index (χ2n) is 5.58. The Morgan fingerprint density at radius 2 is 1.79 bits per heavy atom. The number of hydrogen-bond acceptors (Lipinski definition) is 3. The maximum Gasteiger partial charge on any atom is 0.220 e. The van der Waals surface area contributed by atoms with Gasteiger partial charge in [-0.3, -0.25) is 4.79 Å². The lowest BCUT2D eigenvalue weighted by molar-refractivity contribution is -0.121. The van der Waals surface area contributed by atoms with Gasteiger partial charge in [-0.2, -0.15) is 0 Å². The number of nitrogens with two attached hydrogens (primary N) is 1. The molecule has 0 aromatic heterocycles. The number of hydrogen-bond donors (Lipinski definition) is 2. The lowest BCUT2D eigenvalue weighted by Crippen LogP contribution is -2.31. The first-order chi connectivity index (χ1) is 11.6. The molecule has 1 unspecified atom stereocenters. The Morgan fingerprint density at radius 1 is 1.08 bits per heavy atom. The average molecular weight is 391 g/mol. The number of nitrogens with one attached hydrogen (secondary N) is 1. The molecule has 3 N–H and O–H groups in total. The van der Waals surface area contributed by atoms with E-state index in [4.69, 9.17) is 10.5 Å². The van der Waals surface area contributed by atoms with E-state index >= 15 is 0 Å². The molecule has 2 rings (SSSR count). The van der Waals surface area contributed by atoms with Crippen molar-refractivity contribution in [3.63, 3.8) is 0 Å². The van der Waals surface area contributed by atoms with E-state index in [9.17, 15) is 4.79 Å². The summed E-state index contributed by atoms with van der Waals surface area (Å²) < 4.78 is 6.65. The van der Waals surface area contributed by atoms with Crippen LogP contribution in [-0.2, 0) is 4.79 Å². The highest BCUT2D eigenvalue weighted by molar-refractivity contribution is 9.10. The van der Waals surface area contributed by atoms with E-state index in [2.05, 4.69) is 21.2 Å². The number of benzene rings is 2. The van der Waals surface area contributed by atoms with Gasteiger partial charge in [0.15, 0.2) is 0 Å². The Hall–Kier alpha value is -1.85. The third-order valence-corrected chi connectivity index (χ3v) is 4.16. The van der Waals surface area contributed by atoms with Gasteiger partial charge >= 0.3 is 0 Å². The van der Waals surface area contributed by atoms with Crippen LogP contribution in [0.5, 0.6) is 5.75 Å². The van der Waals surface area contributed by atoms with E-state index in [1.165, 1.54) is 0 Å². The van der Waals surface area contributed by atoms with Crippen molar-refractivity contribution < 1.29 is 9.53 Å². The molecule has 2 aromatic carbocycles. The summed E-state index contributed by atoms with van der Waals surface area (Å²) in [7, 11) is 0. The van der Waals surface area contributed by atoms with Crippen LogP contribution in [-0.4, -0.2) is 19.1 Å². The van der Waals surface area contributed by atoms with Crippen molar-refractivity contribution >= 4 is 21.8 Å². The van der Waals surface area contributed by atoms with Gasteiger partial charge in [0.1, 0.15) is 5.75 Å². The first-order valence-electron chi connectivity index (χ1n) is 8.11. The first kappa shape index (κ1) is 18.5.